The van der Waals surface area contributed by atoms with Crippen LogP contribution in [-0.2, 0) is 6.61 Å². The van der Waals surface area contributed by atoms with Gasteiger partial charge in [0.1, 0.15) is 6.61 Å². The molecule has 5 nitrogen and oxygen atoms in total. The molecule has 0 spiro atoms. The highest BCUT2D eigenvalue weighted by Crippen LogP contribution is 2.28. The molecule has 1 aromatic carbocycles. The zero-order chi connectivity index (χ0) is 20.4. The molecule has 6 heteroatoms. The minimum absolute atomic E-state index is 0.00549. The molecule has 2 heterocycles. The predicted molar refractivity (Wildman–Crippen MR) is 112 cm³/mol. The molecule has 0 atom stereocenters. The van der Waals surface area contributed by atoms with Crippen LogP contribution >= 0.6 is 11.6 Å². The number of benzene rings is 1. The number of nitrogens with zero attached hydrogens (tertiary/aromatic N) is 1. The lowest BCUT2D eigenvalue weighted by atomic mass is 9.79. The van der Waals surface area contributed by atoms with Crippen molar-refractivity contribution in [1.29, 1.82) is 0 Å². The van der Waals surface area contributed by atoms with Crippen LogP contribution in [0.3, 0.4) is 0 Å². The number of hydrogen-bond donors (Lipinski definition) is 2. The molecule has 1 amide bonds. The van der Waals surface area contributed by atoms with Crippen LogP contribution in [0.15, 0.2) is 42.6 Å². The summed E-state index contributed by atoms with van der Waals surface area (Å²) in [6.07, 6.45) is 3.42. The number of ether oxygens (including phenoxy) is 1. The van der Waals surface area contributed by atoms with Crippen LogP contribution in [0.25, 0.3) is 0 Å². The third-order valence-corrected chi connectivity index (χ3v) is 5.14. The highest BCUT2D eigenvalue weighted by Gasteiger charge is 2.38. The van der Waals surface area contributed by atoms with Crippen molar-refractivity contribution < 1.29 is 9.53 Å². The molecule has 28 heavy (non-hydrogen) atoms. The van der Waals surface area contributed by atoms with Crippen LogP contribution in [0.5, 0.6) is 5.75 Å². The van der Waals surface area contributed by atoms with Crippen molar-refractivity contribution in [3.05, 3.63) is 58.9 Å². The van der Waals surface area contributed by atoms with Crippen molar-refractivity contribution in [1.82, 2.24) is 15.6 Å². The Balaban J connectivity index is 1.58. The quantitative estimate of drug-likeness (QED) is 0.731. The first-order valence-electron chi connectivity index (χ1n) is 9.56. The van der Waals surface area contributed by atoms with Crippen LogP contribution < -0.4 is 15.4 Å². The maximum Gasteiger partial charge on any atom is 0.251 e. The Morgan fingerprint density at radius 2 is 1.82 bits per heavy atom. The van der Waals surface area contributed by atoms with Gasteiger partial charge in [-0.25, -0.2) is 4.98 Å². The number of aromatic nitrogens is 1. The molecule has 0 aliphatic carbocycles. The number of rotatable bonds is 5. The van der Waals surface area contributed by atoms with Gasteiger partial charge in [0.05, 0.1) is 0 Å². The first kappa shape index (κ1) is 20.6. The molecule has 150 valence electrons. The fourth-order valence-electron chi connectivity index (χ4n) is 4.09. The molecule has 2 N–H and O–H groups in total. The maximum atomic E-state index is 12.7. The van der Waals surface area contributed by atoms with Crippen molar-refractivity contribution in [2.45, 2.75) is 64.3 Å². The summed E-state index contributed by atoms with van der Waals surface area (Å²) in [5.41, 5.74) is 1.60. The Labute approximate surface area is 171 Å². The van der Waals surface area contributed by atoms with E-state index in [1.54, 1.807) is 18.3 Å². The molecule has 1 aliphatic rings. The third-order valence-electron chi connectivity index (χ3n) is 4.86. The van der Waals surface area contributed by atoms with Crippen molar-refractivity contribution in [3.8, 4) is 5.75 Å². The minimum atomic E-state index is -0.0405. The standard InChI is InChI=1S/C22H28ClN3O2/c1-21(2)12-17(13-22(3,4)26-21)25-20(27)16-9-7-15(8-10-16)14-28-18-6-5-11-24-19(18)23/h5-11,17,26H,12-14H2,1-4H3,(H,25,27). The van der Waals surface area contributed by atoms with E-state index >= 15 is 0 Å². The monoisotopic (exact) mass is 401 g/mol. The molecule has 0 saturated carbocycles. The van der Waals surface area contributed by atoms with Crippen LogP contribution in [0.1, 0.15) is 56.5 Å². The minimum Gasteiger partial charge on any atom is -0.486 e. The SMILES string of the molecule is CC1(C)CC(NC(=O)c2ccc(COc3cccnc3Cl)cc2)CC(C)(C)N1. The first-order valence-corrected chi connectivity index (χ1v) is 9.94. The van der Waals surface area contributed by atoms with Gasteiger partial charge in [-0.05, 0) is 70.4 Å². The topological polar surface area (TPSA) is 63.2 Å². The lowest BCUT2D eigenvalue weighted by Crippen LogP contribution is -2.62. The van der Waals surface area contributed by atoms with Crippen molar-refractivity contribution in [3.63, 3.8) is 0 Å². The summed E-state index contributed by atoms with van der Waals surface area (Å²) in [4.78, 5) is 16.7. The smallest absolute Gasteiger partial charge is 0.251 e. The average Bonchev–Trinajstić information content (AvgIpc) is 2.58. The van der Waals surface area contributed by atoms with Crippen molar-refractivity contribution >= 4 is 17.5 Å². The second-order valence-electron chi connectivity index (χ2n) is 8.75. The van der Waals surface area contributed by atoms with Gasteiger partial charge < -0.3 is 15.4 Å². The molecule has 1 aliphatic heterocycles. The first-order chi connectivity index (χ1) is 13.1. The zero-order valence-corrected chi connectivity index (χ0v) is 17.6. The summed E-state index contributed by atoms with van der Waals surface area (Å²) >= 11 is 6.00. The second kappa shape index (κ2) is 8.10. The molecule has 1 aromatic heterocycles. The lowest BCUT2D eigenvalue weighted by Gasteiger charge is -2.46. The maximum absolute atomic E-state index is 12.7. The highest BCUT2D eigenvalue weighted by molar-refractivity contribution is 6.30. The van der Waals surface area contributed by atoms with E-state index in [1.165, 1.54) is 0 Å². The Hall–Kier alpha value is -2.11. The molecule has 2 aromatic rings. The van der Waals surface area contributed by atoms with E-state index in [4.69, 9.17) is 16.3 Å². The van der Waals surface area contributed by atoms with E-state index in [2.05, 4.69) is 43.3 Å². The van der Waals surface area contributed by atoms with Gasteiger partial charge in [-0.2, -0.15) is 0 Å². The van der Waals surface area contributed by atoms with Crippen LogP contribution in [-0.4, -0.2) is 28.0 Å². The number of carbonyl (C=O) groups is 1. The number of piperidine rings is 1. The summed E-state index contributed by atoms with van der Waals surface area (Å²) in [6, 6.07) is 11.2. The van der Waals surface area contributed by atoms with E-state index in [0.29, 0.717) is 23.1 Å². The summed E-state index contributed by atoms with van der Waals surface area (Å²) in [7, 11) is 0. The number of hydrogen-bond acceptors (Lipinski definition) is 4. The van der Waals surface area contributed by atoms with Gasteiger partial charge >= 0.3 is 0 Å². The van der Waals surface area contributed by atoms with Crippen LogP contribution in [0, 0.1) is 0 Å². The van der Waals surface area contributed by atoms with Gasteiger partial charge in [-0.1, -0.05) is 23.7 Å². The summed E-state index contributed by atoms with van der Waals surface area (Å²) in [6.45, 7) is 9.07. The number of carbonyl (C=O) groups excluding carboxylic acids is 1. The van der Waals surface area contributed by atoms with E-state index in [-0.39, 0.29) is 23.0 Å². The Kier molecular flexibility index (Phi) is 5.96. The van der Waals surface area contributed by atoms with Gasteiger partial charge in [0, 0.05) is 28.9 Å². The summed E-state index contributed by atoms with van der Waals surface area (Å²) in [5, 5.41) is 7.17. The molecule has 0 unspecified atom stereocenters. The highest BCUT2D eigenvalue weighted by atomic mass is 35.5. The number of nitrogens with one attached hydrogen (secondary N) is 2. The molecule has 3 rings (SSSR count). The Morgan fingerprint density at radius 1 is 1.18 bits per heavy atom. The number of pyridine rings is 1. The molecular formula is C22H28ClN3O2. The molecule has 0 radical (unpaired) electrons. The molecule has 0 bridgehead atoms. The van der Waals surface area contributed by atoms with Gasteiger partial charge in [0.25, 0.3) is 5.91 Å². The van der Waals surface area contributed by atoms with E-state index in [9.17, 15) is 4.79 Å². The fraction of sp³-hybridized carbons (Fsp3) is 0.455. The van der Waals surface area contributed by atoms with Gasteiger partial charge in [-0.3, -0.25) is 4.79 Å². The van der Waals surface area contributed by atoms with Gasteiger partial charge in [-0.15, -0.1) is 0 Å². The second-order valence-corrected chi connectivity index (χ2v) is 9.11. The Morgan fingerprint density at radius 3 is 2.43 bits per heavy atom. The summed E-state index contributed by atoms with van der Waals surface area (Å²) < 4.78 is 5.69. The number of halogens is 1. The molecular weight excluding hydrogens is 374 g/mol. The summed E-state index contributed by atoms with van der Waals surface area (Å²) in [5.74, 6) is 0.503. The Bertz CT molecular complexity index is 818. The van der Waals surface area contributed by atoms with Crippen molar-refractivity contribution in [2.75, 3.05) is 0 Å². The van der Waals surface area contributed by atoms with E-state index in [0.717, 1.165) is 18.4 Å². The van der Waals surface area contributed by atoms with Crippen LogP contribution in [0.2, 0.25) is 5.15 Å². The lowest BCUT2D eigenvalue weighted by molar-refractivity contribution is 0.0873. The van der Waals surface area contributed by atoms with Gasteiger partial charge in [0.2, 0.25) is 0 Å². The molecule has 1 saturated heterocycles. The van der Waals surface area contributed by atoms with Crippen molar-refractivity contribution in [2.24, 2.45) is 0 Å². The van der Waals surface area contributed by atoms with E-state index in [1.807, 2.05) is 24.3 Å². The fourth-order valence-corrected chi connectivity index (χ4v) is 4.26. The third kappa shape index (κ3) is 5.46. The predicted octanol–water partition coefficient (Wildman–Crippen LogP) is 4.35. The molecule has 1 fully saturated rings. The normalized spacial score (nSPS) is 18.5. The van der Waals surface area contributed by atoms with Crippen LogP contribution in [0.4, 0.5) is 0 Å². The van der Waals surface area contributed by atoms with E-state index < -0.39 is 0 Å². The average molecular weight is 402 g/mol. The largest absolute Gasteiger partial charge is 0.486 e. The number of amides is 1. The zero-order valence-electron chi connectivity index (χ0n) is 16.9. The van der Waals surface area contributed by atoms with Gasteiger partial charge in [0.15, 0.2) is 10.9 Å².